The lowest BCUT2D eigenvalue weighted by Crippen LogP contribution is -2.43. The molecule has 0 amide bonds. The first-order valence-electron chi connectivity index (χ1n) is 3.42. The van der Waals surface area contributed by atoms with E-state index in [1.807, 2.05) is 0 Å². The van der Waals surface area contributed by atoms with Crippen molar-refractivity contribution in [1.29, 1.82) is 0 Å². The zero-order chi connectivity index (χ0) is 8.48. The van der Waals surface area contributed by atoms with Gasteiger partial charge in [-0.25, -0.2) is 0 Å². The third-order valence-electron chi connectivity index (χ3n) is 1.85. The molecule has 0 aromatic carbocycles. The zero-order valence-corrected chi connectivity index (χ0v) is 5.90. The summed E-state index contributed by atoms with van der Waals surface area (Å²) < 4.78 is 40.6. The Morgan fingerprint density at radius 2 is 2.09 bits per heavy atom. The lowest BCUT2D eigenvalue weighted by molar-refractivity contribution is -0.158. The Labute approximate surface area is 62.5 Å². The predicted molar refractivity (Wildman–Crippen MR) is 33.0 cm³/mol. The van der Waals surface area contributed by atoms with E-state index in [2.05, 4.69) is 0 Å². The smallest absolute Gasteiger partial charge is 0.381 e. The van der Waals surface area contributed by atoms with Gasteiger partial charge in [-0.1, -0.05) is 0 Å². The Hall–Kier alpha value is -0.290. The lowest BCUT2D eigenvalue weighted by Gasteiger charge is -2.20. The second kappa shape index (κ2) is 2.98. The molecule has 1 saturated heterocycles. The fourth-order valence-electron chi connectivity index (χ4n) is 1.10. The van der Waals surface area contributed by atoms with Crippen molar-refractivity contribution in [2.45, 2.75) is 18.6 Å². The molecule has 1 aliphatic rings. The average Bonchev–Trinajstić information content (AvgIpc) is 2.34. The van der Waals surface area contributed by atoms with Gasteiger partial charge in [0.2, 0.25) is 0 Å². The van der Waals surface area contributed by atoms with Crippen molar-refractivity contribution in [3.8, 4) is 0 Å². The van der Waals surface area contributed by atoms with Crippen molar-refractivity contribution >= 4 is 0 Å². The van der Waals surface area contributed by atoms with E-state index in [-0.39, 0.29) is 6.61 Å². The topological polar surface area (TPSA) is 35.2 Å². The van der Waals surface area contributed by atoms with Gasteiger partial charge in [-0.2, -0.15) is 13.2 Å². The van der Waals surface area contributed by atoms with Crippen LogP contribution in [0.25, 0.3) is 0 Å². The molecule has 1 aliphatic heterocycles. The van der Waals surface area contributed by atoms with E-state index >= 15 is 0 Å². The van der Waals surface area contributed by atoms with Crippen LogP contribution in [-0.2, 0) is 4.74 Å². The largest absolute Gasteiger partial charge is 0.403 e. The molecule has 66 valence electrons. The van der Waals surface area contributed by atoms with Gasteiger partial charge in [0.15, 0.2) is 0 Å². The Morgan fingerprint density at radius 3 is 2.45 bits per heavy atom. The first-order valence-corrected chi connectivity index (χ1v) is 3.42. The highest BCUT2D eigenvalue weighted by molar-refractivity contribution is 4.81. The van der Waals surface area contributed by atoms with Gasteiger partial charge >= 0.3 is 6.18 Å². The van der Waals surface area contributed by atoms with E-state index in [1.54, 1.807) is 0 Å². The molecule has 0 aliphatic carbocycles. The quantitative estimate of drug-likeness (QED) is 0.633. The molecular weight excluding hydrogens is 159 g/mol. The van der Waals surface area contributed by atoms with E-state index in [0.717, 1.165) is 0 Å². The minimum atomic E-state index is -4.28. The molecule has 0 aromatic rings. The lowest BCUT2D eigenvalue weighted by atomic mass is 10.00. The van der Waals surface area contributed by atoms with Gasteiger partial charge < -0.3 is 10.5 Å². The normalized spacial score (nSPS) is 28.9. The van der Waals surface area contributed by atoms with Crippen LogP contribution in [0.2, 0.25) is 0 Å². The molecule has 0 aromatic heterocycles. The number of hydrogen-bond acceptors (Lipinski definition) is 2. The highest BCUT2D eigenvalue weighted by atomic mass is 19.4. The minimum absolute atomic E-state index is 0.140. The summed E-state index contributed by atoms with van der Waals surface area (Å²) in [5.41, 5.74) is 4.95. The second-order valence-electron chi connectivity index (χ2n) is 2.69. The number of ether oxygens (including phenoxy) is 1. The molecule has 2 atom stereocenters. The molecule has 1 fully saturated rings. The maximum Gasteiger partial charge on any atom is 0.403 e. The Balaban J connectivity index is 2.46. The molecule has 11 heavy (non-hydrogen) atoms. The zero-order valence-electron chi connectivity index (χ0n) is 5.90. The fraction of sp³-hybridized carbons (Fsp3) is 1.00. The van der Waals surface area contributed by atoms with E-state index in [1.165, 1.54) is 0 Å². The van der Waals surface area contributed by atoms with E-state index in [9.17, 15) is 13.2 Å². The number of nitrogens with two attached hydrogens (primary N) is 1. The second-order valence-corrected chi connectivity index (χ2v) is 2.69. The molecule has 0 bridgehead atoms. The van der Waals surface area contributed by atoms with Gasteiger partial charge in [0.05, 0.1) is 6.61 Å². The molecule has 0 saturated carbocycles. The SMILES string of the molecule is N[C@@H]([C@@H]1CCOC1)C(F)(F)F. The van der Waals surface area contributed by atoms with Crippen LogP contribution in [0.1, 0.15) is 6.42 Å². The van der Waals surface area contributed by atoms with Crippen molar-refractivity contribution in [3.05, 3.63) is 0 Å². The summed E-state index contributed by atoms with van der Waals surface area (Å²) in [5.74, 6) is -0.546. The summed E-state index contributed by atoms with van der Waals surface area (Å²) in [7, 11) is 0. The fourth-order valence-corrected chi connectivity index (χ4v) is 1.10. The highest BCUT2D eigenvalue weighted by Crippen LogP contribution is 2.28. The Bertz CT molecular complexity index is 130. The number of hydrogen-bond donors (Lipinski definition) is 1. The van der Waals surface area contributed by atoms with Crippen LogP contribution >= 0.6 is 0 Å². The van der Waals surface area contributed by atoms with Gasteiger partial charge in [0.1, 0.15) is 6.04 Å². The van der Waals surface area contributed by atoms with Crippen LogP contribution < -0.4 is 5.73 Å². The molecule has 1 heterocycles. The molecule has 0 unspecified atom stereocenters. The molecule has 5 heteroatoms. The predicted octanol–water partition coefficient (Wildman–Crippen LogP) is 0.912. The maximum atomic E-state index is 11.9. The van der Waals surface area contributed by atoms with Crippen molar-refractivity contribution in [2.24, 2.45) is 11.7 Å². The summed E-state index contributed by atoms with van der Waals surface area (Å²) in [6, 6.07) is -1.72. The van der Waals surface area contributed by atoms with Gasteiger partial charge in [-0.3, -0.25) is 0 Å². The summed E-state index contributed by atoms with van der Waals surface area (Å²) >= 11 is 0. The van der Waals surface area contributed by atoms with Crippen LogP contribution in [0.5, 0.6) is 0 Å². The Morgan fingerprint density at radius 1 is 1.45 bits per heavy atom. The number of alkyl halides is 3. The van der Waals surface area contributed by atoms with E-state index < -0.39 is 18.1 Å². The molecule has 0 radical (unpaired) electrons. The van der Waals surface area contributed by atoms with Crippen LogP contribution in [0.15, 0.2) is 0 Å². The van der Waals surface area contributed by atoms with Gasteiger partial charge in [-0.05, 0) is 6.42 Å². The highest BCUT2D eigenvalue weighted by Gasteiger charge is 2.42. The molecular formula is C6H10F3NO. The molecule has 0 spiro atoms. The van der Waals surface area contributed by atoms with Crippen molar-refractivity contribution in [3.63, 3.8) is 0 Å². The van der Waals surface area contributed by atoms with Gasteiger partial charge in [0.25, 0.3) is 0 Å². The first kappa shape index (κ1) is 8.80. The average molecular weight is 169 g/mol. The van der Waals surface area contributed by atoms with Gasteiger partial charge in [-0.15, -0.1) is 0 Å². The van der Waals surface area contributed by atoms with Crippen LogP contribution in [0, 0.1) is 5.92 Å². The van der Waals surface area contributed by atoms with Gasteiger partial charge in [0, 0.05) is 12.5 Å². The molecule has 2 N–H and O–H groups in total. The maximum absolute atomic E-state index is 11.9. The van der Waals surface area contributed by atoms with Crippen molar-refractivity contribution in [1.82, 2.24) is 0 Å². The number of rotatable bonds is 1. The number of halogens is 3. The summed E-state index contributed by atoms with van der Waals surface area (Å²) in [6.07, 6.45) is -3.86. The van der Waals surface area contributed by atoms with Crippen LogP contribution in [-0.4, -0.2) is 25.4 Å². The van der Waals surface area contributed by atoms with Crippen molar-refractivity contribution < 1.29 is 17.9 Å². The van der Waals surface area contributed by atoms with Crippen molar-refractivity contribution in [2.75, 3.05) is 13.2 Å². The van der Waals surface area contributed by atoms with Crippen LogP contribution in [0.4, 0.5) is 13.2 Å². The molecule has 1 rings (SSSR count). The molecule has 2 nitrogen and oxygen atoms in total. The summed E-state index contributed by atoms with van der Waals surface area (Å²) in [4.78, 5) is 0. The third kappa shape index (κ3) is 2.07. The Kier molecular flexibility index (Phi) is 2.39. The summed E-state index contributed by atoms with van der Waals surface area (Å²) in [5, 5.41) is 0. The standard InChI is InChI=1S/C6H10F3NO/c7-6(8,9)5(10)4-1-2-11-3-4/h4-5H,1-3,10H2/t4-,5+/m1/s1. The van der Waals surface area contributed by atoms with E-state index in [0.29, 0.717) is 13.0 Å². The summed E-state index contributed by atoms with van der Waals surface area (Å²) in [6.45, 7) is 0.537. The third-order valence-corrected chi connectivity index (χ3v) is 1.85. The van der Waals surface area contributed by atoms with E-state index in [4.69, 9.17) is 10.5 Å². The van der Waals surface area contributed by atoms with Crippen LogP contribution in [0.3, 0.4) is 0 Å². The monoisotopic (exact) mass is 169 g/mol. The minimum Gasteiger partial charge on any atom is -0.381 e. The first-order chi connectivity index (χ1) is 5.02.